The number of hydrogen-bond donors (Lipinski definition) is 0. The summed E-state index contributed by atoms with van der Waals surface area (Å²) in [6.07, 6.45) is 3.30. The van der Waals surface area contributed by atoms with Gasteiger partial charge in [0.05, 0.1) is 11.4 Å². The van der Waals surface area contributed by atoms with Crippen molar-refractivity contribution in [3.63, 3.8) is 0 Å². The minimum atomic E-state index is -0.277. The van der Waals surface area contributed by atoms with E-state index in [2.05, 4.69) is 10.2 Å². The molecule has 1 aromatic carbocycles. The van der Waals surface area contributed by atoms with Gasteiger partial charge >= 0.3 is 0 Å². The van der Waals surface area contributed by atoms with Gasteiger partial charge in [-0.2, -0.15) is 0 Å². The summed E-state index contributed by atoms with van der Waals surface area (Å²) in [5, 5.41) is 9.17. The molecule has 0 saturated carbocycles. The number of carbonyl (C=O) groups excluding carboxylic acids is 1. The van der Waals surface area contributed by atoms with E-state index in [1.165, 1.54) is 30.3 Å². The number of hydrogen-bond acceptors (Lipinski definition) is 5. The number of benzene rings is 1. The maximum atomic E-state index is 13.0. The van der Waals surface area contributed by atoms with Crippen LogP contribution in [0, 0.1) is 5.82 Å². The van der Waals surface area contributed by atoms with E-state index in [-0.39, 0.29) is 11.7 Å². The first-order valence-corrected chi connectivity index (χ1v) is 10.3. The molecular weight excluding hydrogens is 377 g/mol. The molecule has 0 N–H and O–H groups in total. The van der Waals surface area contributed by atoms with Crippen LogP contribution in [0.2, 0.25) is 0 Å². The highest BCUT2D eigenvalue weighted by Gasteiger charge is 2.21. The lowest BCUT2D eigenvalue weighted by molar-refractivity contribution is 0.0690. The second-order valence-electron chi connectivity index (χ2n) is 6.67. The number of furan rings is 1. The Hall–Kier alpha value is -2.67. The second kappa shape index (κ2) is 8.56. The Morgan fingerprint density at radius 1 is 1.00 bits per heavy atom. The van der Waals surface area contributed by atoms with Crippen LogP contribution in [0.25, 0.3) is 11.3 Å². The van der Waals surface area contributed by atoms with Crippen LogP contribution in [-0.2, 0) is 5.75 Å². The van der Waals surface area contributed by atoms with E-state index in [1.54, 1.807) is 18.2 Å². The van der Waals surface area contributed by atoms with E-state index in [4.69, 9.17) is 4.42 Å². The zero-order valence-electron chi connectivity index (χ0n) is 15.3. The van der Waals surface area contributed by atoms with E-state index < -0.39 is 0 Å². The maximum Gasteiger partial charge on any atom is 0.289 e. The third-order valence-electron chi connectivity index (χ3n) is 4.66. The number of likely N-dealkylation sites (tertiary alicyclic amines) is 1. The van der Waals surface area contributed by atoms with E-state index in [9.17, 15) is 9.18 Å². The Morgan fingerprint density at radius 2 is 1.79 bits per heavy atom. The van der Waals surface area contributed by atoms with Gasteiger partial charge in [-0.3, -0.25) is 4.79 Å². The molecule has 1 amide bonds. The topological polar surface area (TPSA) is 59.2 Å². The van der Waals surface area contributed by atoms with Crippen molar-refractivity contribution in [1.29, 1.82) is 0 Å². The predicted molar refractivity (Wildman–Crippen MR) is 105 cm³/mol. The summed E-state index contributed by atoms with van der Waals surface area (Å²) in [7, 11) is 0. The first-order chi connectivity index (χ1) is 13.7. The maximum absolute atomic E-state index is 13.0. The van der Waals surface area contributed by atoms with Gasteiger partial charge in [-0.1, -0.05) is 11.8 Å². The van der Waals surface area contributed by atoms with Crippen molar-refractivity contribution >= 4 is 17.7 Å². The number of amides is 1. The zero-order chi connectivity index (χ0) is 19.3. The van der Waals surface area contributed by atoms with Gasteiger partial charge in [-0.05, 0) is 67.8 Å². The van der Waals surface area contributed by atoms with E-state index >= 15 is 0 Å². The monoisotopic (exact) mass is 397 g/mol. The molecule has 0 unspecified atom stereocenters. The highest BCUT2D eigenvalue weighted by Crippen LogP contribution is 2.24. The van der Waals surface area contributed by atoms with Crippen molar-refractivity contribution in [2.24, 2.45) is 0 Å². The molecular formula is C21H20FN3O2S. The van der Waals surface area contributed by atoms with Gasteiger partial charge in [0.15, 0.2) is 5.76 Å². The predicted octanol–water partition coefficient (Wildman–Crippen LogP) is 4.79. The Balaban J connectivity index is 1.35. The fraction of sp³-hybridized carbons (Fsp3) is 0.286. The van der Waals surface area contributed by atoms with Gasteiger partial charge < -0.3 is 9.32 Å². The third kappa shape index (κ3) is 4.42. The molecule has 1 saturated heterocycles. The van der Waals surface area contributed by atoms with Gasteiger partial charge in [0.25, 0.3) is 5.91 Å². The van der Waals surface area contributed by atoms with Crippen molar-refractivity contribution < 1.29 is 13.6 Å². The van der Waals surface area contributed by atoms with Gasteiger partial charge in [0.2, 0.25) is 0 Å². The van der Waals surface area contributed by atoms with Crippen LogP contribution in [0.15, 0.2) is 58.0 Å². The van der Waals surface area contributed by atoms with E-state index in [0.29, 0.717) is 17.2 Å². The third-order valence-corrected chi connectivity index (χ3v) is 5.60. The minimum absolute atomic E-state index is 0.0283. The standard InChI is InChI=1S/C21H20FN3O2S/c22-16-6-4-15(5-7-16)18-9-11-20(24-23-18)28-14-17-8-10-19(27-17)21(26)25-12-2-1-3-13-25/h4-11H,1-3,12-14H2. The van der Waals surface area contributed by atoms with Crippen LogP contribution < -0.4 is 0 Å². The molecule has 4 rings (SSSR count). The summed E-state index contributed by atoms with van der Waals surface area (Å²) in [5.41, 5.74) is 1.51. The largest absolute Gasteiger partial charge is 0.455 e. The molecule has 0 spiro atoms. The van der Waals surface area contributed by atoms with Crippen molar-refractivity contribution in [2.45, 2.75) is 30.0 Å². The molecule has 0 aliphatic carbocycles. The lowest BCUT2D eigenvalue weighted by Crippen LogP contribution is -2.35. The Labute approximate surface area is 167 Å². The number of halogens is 1. The molecule has 144 valence electrons. The van der Waals surface area contributed by atoms with Crippen LogP contribution in [0.4, 0.5) is 4.39 Å². The molecule has 0 atom stereocenters. The number of rotatable bonds is 5. The normalized spacial score (nSPS) is 14.2. The SMILES string of the molecule is O=C(c1ccc(CSc2ccc(-c3ccc(F)cc3)nn2)o1)N1CCCCC1. The minimum Gasteiger partial charge on any atom is -0.455 e. The molecule has 7 heteroatoms. The average molecular weight is 397 g/mol. The molecule has 3 aromatic rings. The Bertz CT molecular complexity index is 935. The molecule has 1 aliphatic heterocycles. The van der Waals surface area contributed by atoms with Crippen LogP contribution >= 0.6 is 11.8 Å². The average Bonchev–Trinajstić information content (AvgIpc) is 3.22. The molecule has 3 heterocycles. The first kappa shape index (κ1) is 18.7. The fourth-order valence-electron chi connectivity index (χ4n) is 3.14. The number of carbonyl (C=O) groups is 1. The van der Waals surface area contributed by atoms with E-state index in [1.807, 2.05) is 23.1 Å². The molecule has 1 fully saturated rings. The lowest BCUT2D eigenvalue weighted by Gasteiger charge is -2.25. The van der Waals surface area contributed by atoms with Crippen molar-refractivity contribution in [3.8, 4) is 11.3 Å². The van der Waals surface area contributed by atoms with Crippen molar-refractivity contribution in [2.75, 3.05) is 13.1 Å². The number of thioether (sulfide) groups is 1. The van der Waals surface area contributed by atoms with Gasteiger partial charge in [0, 0.05) is 18.7 Å². The van der Waals surface area contributed by atoms with Crippen LogP contribution in [0.3, 0.4) is 0 Å². The summed E-state index contributed by atoms with van der Waals surface area (Å²) in [6, 6.07) is 13.5. The van der Waals surface area contributed by atoms with Gasteiger partial charge in [0.1, 0.15) is 16.6 Å². The molecule has 28 heavy (non-hydrogen) atoms. The second-order valence-corrected chi connectivity index (χ2v) is 7.67. The smallest absolute Gasteiger partial charge is 0.289 e. The lowest BCUT2D eigenvalue weighted by atomic mass is 10.1. The molecule has 0 radical (unpaired) electrons. The number of piperidine rings is 1. The Morgan fingerprint density at radius 3 is 2.50 bits per heavy atom. The fourth-order valence-corrected chi connectivity index (χ4v) is 3.85. The quantitative estimate of drug-likeness (QED) is 0.579. The van der Waals surface area contributed by atoms with Crippen molar-refractivity contribution in [1.82, 2.24) is 15.1 Å². The van der Waals surface area contributed by atoms with Crippen molar-refractivity contribution in [3.05, 3.63) is 65.9 Å². The summed E-state index contributed by atoms with van der Waals surface area (Å²) in [6.45, 7) is 1.61. The highest BCUT2D eigenvalue weighted by molar-refractivity contribution is 7.98. The van der Waals surface area contributed by atoms with Crippen LogP contribution in [0.5, 0.6) is 0 Å². The summed E-state index contributed by atoms with van der Waals surface area (Å²) in [4.78, 5) is 14.3. The van der Waals surface area contributed by atoms with Gasteiger partial charge in [-0.15, -0.1) is 10.2 Å². The first-order valence-electron chi connectivity index (χ1n) is 9.29. The summed E-state index contributed by atoms with van der Waals surface area (Å²) >= 11 is 1.49. The molecule has 5 nitrogen and oxygen atoms in total. The molecule has 0 bridgehead atoms. The number of aromatic nitrogens is 2. The number of nitrogens with zero attached hydrogens (tertiary/aromatic N) is 3. The van der Waals surface area contributed by atoms with Gasteiger partial charge in [-0.25, -0.2) is 4.39 Å². The molecule has 2 aromatic heterocycles. The molecule has 1 aliphatic rings. The summed E-state index contributed by atoms with van der Waals surface area (Å²) in [5.74, 6) is 1.39. The summed E-state index contributed by atoms with van der Waals surface area (Å²) < 4.78 is 18.7. The zero-order valence-corrected chi connectivity index (χ0v) is 16.1. The highest BCUT2D eigenvalue weighted by atomic mass is 32.2. The van der Waals surface area contributed by atoms with Crippen LogP contribution in [-0.4, -0.2) is 34.1 Å². The van der Waals surface area contributed by atoms with Crippen LogP contribution in [0.1, 0.15) is 35.6 Å². The van der Waals surface area contributed by atoms with E-state index in [0.717, 1.165) is 42.3 Å². The Kier molecular flexibility index (Phi) is 5.71.